The zero-order valence-corrected chi connectivity index (χ0v) is 11.7. The van der Waals surface area contributed by atoms with Crippen molar-refractivity contribution < 1.29 is 14.2 Å². The van der Waals surface area contributed by atoms with E-state index in [-0.39, 0.29) is 6.10 Å². The Kier molecular flexibility index (Phi) is 6.54. The molecule has 0 aromatic heterocycles. The molecule has 1 aromatic rings. The Labute approximate surface area is 109 Å². The van der Waals surface area contributed by atoms with Gasteiger partial charge in [-0.25, -0.2) is 0 Å². The minimum atomic E-state index is 0.225. The van der Waals surface area contributed by atoms with Crippen molar-refractivity contribution in [3.63, 3.8) is 0 Å². The fraction of sp³-hybridized carbons (Fsp3) is 0.571. The van der Waals surface area contributed by atoms with E-state index in [1.807, 2.05) is 25.1 Å². The van der Waals surface area contributed by atoms with Crippen LogP contribution in [0.2, 0.25) is 0 Å². The predicted octanol–water partition coefficient (Wildman–Crippen LogP) is 2.22. The Hall–Kier alpha value is -1.26. The maximum atomic E-state index is 5.46. The van der Waals surface area contributed by atoms with E-state index in [4.69, 9.17) is 14.2 Å². The number of hydrogen-bond acceptors (Lipinski definition) is 4. The second kappa shape index (κ2) is 7.95. The Morgan fingerprint density at radius 3 is 2.22 bits per heavy atom. The van der Waals surface area contributed by atoms with Gasteiger partial charge >= 0.3 is 0 Å². The van der Waals surface area contributed by atoms with Gasteiger partial charge in [0.15, 0.2) is 0 Å². The van der Waals surface area contributed by atoms with Crippen molar-refractivity contribution in [3.8, 4) is 11.5 Å². The highest BCUT2D eigenvalue weighted by atomic mass is 16.5. The van der Waals surface area contributed by atoms with E-state index in [2.05, 4.69) is 12.2 Å². The van der Waals surface area contributed by atoms with Crippen molar-refractivity contribution in [1.29, 1.82) is 0 Å². The van der Waals surface area contributed by atoms with E-state index >= 15 is 0 Å². The lowest BCUT2D eigenvalue weighted by Crippen LogP contribution is -2.26. The van der Waals surface area contributed by atoms with Crippen LogP contribution in [0.3, 0.4) is 0 Å². The average molecular weight is 253 g/mol. The lowest BCUT2D eigenvalue weighted by Gasteiger charge is -2.13. The van der Waals surface area contributed by atoms with Crippen molar-refractivity contribution in [2.75, 3.05) is 27.4 Å². The van der Waals surface area contributed by atoms with Gasteiger partial charge in [-0.05, 0) is 31.5 Å². The molecule has 1 aromatic carbocycles. The molecule has 1 rings (SSSR count). The number of methoxy groups -OCH3 is 2. The monoisotopic (exact) mass is 253 g/mol. The van der Waals surface area contributed by atoms with Crippen LogP contribution in [0.4, 0.5) is 0 Å². The van der Waals surface area contributed by atoms with E-state index in [1.165, 1.54) is 0 Å². The SMILES string of the molecule is CCOC(C)CNCc1cc(OC)cc(OC)c1. The van der Waals surface area contributed by atoms with Crippen LogP contribution in [0.1, 0.15) is 19.4 Å². The molecule has 0 saturated carbocycles. The van der Waals surface area contributed by atoms with Crippen molar-refractivity contribution in [2.45, 2.75) is 26.5 Å². The van der Waals surface area contributed by atoms with E-state index < -0.39 is 0 Å². The van der Waals surface area contributed by atoms with Crippen LogP contribution in [-0.2, 0) is 11.3 Å². The summed E-state index contributed by atoms with van der Waals surface area (Å²) in [5.74, 6) is 1.62. The third-order valence-corrected chi connectivity index (χ3v) is 2.62. The van der Waals surface area contributed by atoms with Crippen LogP contribution < -0.4 is 14.8 Å². The molecule has 1 unspecified atom stereocenters. The molecule has 0 aliphatic carbocycles. The highest BCUT2D eigenvalue weighted by molar-refractivity contribution is 5.38. The van der Waals surface area contributed by atoms with Crippen molar-refractivity contribution in [1.82, 2.24) is 5.32 Å². The van der Waals surface area contributed by atoms with Gasteiger partial charge in [0.1, 0.15) is 11.5 Å². The molecule has 0 amide bonds. The molecular formula is C14H23NO3. The summed E-state index contributed by atoms with van der Waals surface area (Å²) in [6.45, 7) is 6.40. The zero-order chi connectivity index (χ0) is 13.4. The Morgan fingerprint density at radius 2 is 1.72 bits per heavy atom. The molecule has 102 valence electrons. The molecule has 1 atom stereocenters. The first-order chi connectivity index (χ1) is 8.69. The summed E-state index contributed by atoms with van der Waals surface area (Å²) in [6, 6.07) is 5.87. The van der Waals surface area contributed by atoms with Gasteiger partial charge in [0.05, 0.1) is 20.3 Å². The number of ether oxygens (including phenoxy) is 3. The first-order valence-electron chi connectivity index (χ1n) is 6.23. The highest BCUT2D eigenvalue weighted by Crippen LogP contribution is 2.22. The molecule has 0 heterocycles. The maximum absolute atomic E-state index is 5.46. The second-order valence-electron chi connectivity index (χ2n) is 4.12. The molecule has 0 bridgehead atoms. The van der Waals surface area contributed by atoms with E-state index in [1.54, 1.807) is 14.2 Å². The summed E-state index contributed by atoms with van der Waals surface area (Å²) in [5, 5.41) is 3.35. The van der Waals surface area contributed by atoms with Gasteiger partial charge in [0.2, 0.25) is 0 Å². The standard InChI is InChI=1S/C14H23NO3/c1-5-18-11(2)9-15-10-12-6-13(16-3)8-14(7-12)17-4/h6-8,11,15H,5,9-10H2,1-4H3. The third-order valence-electron chi connectivity index (χ3n) is 2.62. The van der Waals surface area contributed by atoms with Crippen LogP contribution in [0, 0.1) is 0 Å². The van der Waals surface area contributed by atoms with E-state index in [9.17, 15) is 0 Å². The number of nitrogens with one attached hydrogen (secondary N) is 1. The molecule has 0 aliphatic heterocycles. The van der Waals surface area contributed by atoms with Crippen LogP contribution >= 0.6 is 0 Å². The normalized spacial score (nSPS) is 12.2. The van der Waals surface area contributed by atoms with E-state index in [0.717, 1.165) is 36.8 Å². The molecule has 0 spiro atoms. The van der Waals surface area contributed by atoms with Gasteiger partial charge in [-0.15, -0.1) is 0 Å². The highest BCUT2D eigenvalue weighted by Gasteiger charge is 2.03. The fourth-order valence-corrected chi connectivity index (χ4v) is 1.73. The molecule has 0 fully saturated rings. The lowest BCUT2D eigenvalue weighted by molar-refractivity contribution is 0.0759. The molecule has 1 N–H and O–H groups in total. The number of hydrogen-bond donors (Lipinski definition) is 1. The zero-order valence-electron chi connectivity index (χ0n) is 11.7. The minimum absolute atomic E-state index is 0.225. The van der Waals surface area contributed by atoms with Gasteiger partial charge in [-0.2, -0.15) is 0 Å². The smallest absolute Gasteiger partial charge is 0.122 e. The van der Waals surface area contributed by atoms with Crippen LogP contribution in [0.25, 0.3) is 0 Å². The minimum Gasteiger partial charge on any atom is -0.497 e. The average Bonchev–Trinajstić information content (AvgIpc) is 2.38. The molecular weight excluding hydrogens is 230 g/mol. The summed E-state index contributed by atoms with van der Waals surface area (Å²) >= 11 is 0. The van der Waals surface area contributed by atoms with Crippen molar-refractivity contribution in [2.24, 2.45) is 0 Å². The van der Waals surface area contributed by atoms with Crippen molar-refractivity contribution >= 4 is 0 Å². The third kappa shape index (κ3) is 4.94. The Morgan fingerprint density at radius 1 is 1.11 bits per heavy atom. The summed E-state index contributed by atoms with van der Waals surface area (Å²) in [6.07, 6.45) is 0.225. The number of rotatable bonds is 8. The summed E-state index contributed by atoms with van der Waals surface area (Å²) in [4.78, 5) is 0. The van der Waals surface area contributed by atoms with Crippen LogP contribution in [0.5, 0.6) is 11.5 Å². The largest absolute Gasteiger partial charge is 0.497 e. The first kappa shape index (κ1) is 14.8. The topological polar surface area (TPSA) is 39.7 Å². The summed E-state index contributed by atoms with van der Waals surface area (Å²) in [5.41, 5.74) is 1.13. The van der Waals surface area contributed by atoms with Gasteiger partial charge in [0.25, 0.3) is 0 Å². The molecule has 4 heteroatoms. The van der Waals surface area contributed by atoms with Crippen LogP contribution in [0.15, 0.2) is 18.2 Å². The summed E-state index contributed by atoms with van der Waals surface area (Å²) in [7, 11) is 3.31. The Bertz CT molecular complexity index is 333. The molecule has 0 radical (unpaired) electrons. The summed E-state index contributed by atoms with van der Waals surface area (Å²) < 4.78 is 15.9. The molecule has 0 aliphatic rings. The lowest BCUT2D eigenvalue weighted by atomic mass is 10.2. The molecule has 0 saturated heterocycles. The predicted molar refractivity (Wildman–Crippen MR) is 72.3 cm³/mol. The Balaban J connectivity index is 2.50. The van der Waals surface area contributed by atoms with Gasteiger partial charge in [-0.1, -0.05) is 0 Å². The van der Waals surface area contributed by atoms with Crippen LogP contribution in [-0.4, -0.2) is 33.5 Å². The second-order valence-corrected chi connectivity index (χ2v) is 4.12. The molecule has 4 nitrogen and oxygen atoms in total. The fourth-order valence-electron chi connectivity index (χ4n) is 1.73. The first-order valence-corrected chi connectivity index (χ1v) is 6.23. The maximum Gasteiger partial charge on any atom is 0.122 e. The van der Waals surface area contributed by atoms with E-state index in [0.29, 0.717) is 0 Å². The molecule has 18 heavy (non-hydrogen) atoms. The quantitative estimate of drug-likeness (QED) is 0.771. The number of benzene rings is 1. The van der Waals surface area contributed by atoms with Crippen molar-refractivity contribution in [3.05, 3.63) is 23.8 Å². The van der Waals surface area contributed by atoms with Gasteiger partial charge < -0.3 is 19.5 Å². The van der Waals surface area contributed by atoms with Gasteiger partial charge in [-0.3, -0.25) is 0 Å². The van der Waals surface area contributed by atoms with Gasteiger partial charge in [0, 0.05) is 25.8 Å².